The van der Waals surface area contributed by atoms with E-state index in [-0.39, 0.29) is 17.9 Å². The molecule has 10 nitrogen and oxygen atoms in total. The highest BCUT2D eigenvalue weighted by atomic mass is 32.1. The normalized spacial score (nSPS) is 11.4. The number of carboxylic acids is 1. The van der Waals surface area contributed by atoms with Gasteiger partial charge in [0.2, 0.25) is 0 Å². The average Bonchev–Trinajstić information content (AvgIpc) is 3.70. The number of hydrogen-bond acceptors (Lipinski definition) is 8. The molecule has 4 heterocycles. The van der Waals surface area contributed by atoms with Crippen LogP contribution in [0, 0.1) is 6.92 Å². The summed E-state index contributed by atoms with van der Waals surface area (Å²) in [6.07, 6.45) is 2.75. The highest BCUT2D eigenvalue weighted by Gasteiger charge is 2.27. The Morgan fingerprint density at radius 1 is 1.23 bits per heavy atom. The van der Waals surface area contributed by atoms with Gasteiger partial charge < -0.3 is 20.2 Å². The molecule has 0 saturated carbocycles. The van der Waals surface area contributed by atoms with Crippen molar-refractivity contribution < 1.29 is 23.1 Å². The van der Waals surface area contributed by atoms with E-state index >= 15 is 0 Å². The minimum absolute atomic E-state index is 0.0550. The van der Waals surface area contributed by atoms with Crippen LogP contribution in [0.3, 0.4) is 0 Å². The van der Waals surface area contributed by atoms with Crippen LogP contribution >= 0.6 is 11.3 Å². The lowest BCUT2D eigenvalue weighted by atomic mass is 10.1. The number of anilines is 1. The van der Waals surface area contributed by atoms with Gasteiger partial charge in [0.15, 0.2) is 17.8 Å². The predicted octanol–water partition coefficient (Wildman–Crippen LogP) is 5.97. The number of hydrogen-bond donors (Lipinski definition) is 3. The van der Waals surface area contributed by atoms with Gasteiger partial charge >= 0.3 is 5.97 Å². The number of thiazole rings is 1. The van der Waals surface area contributed by atoms with E-state index in [1.54, 1.807) is 12.3 Å². The number of aromatic nitrogens is 6. The number of nitrogens with one attached hydrogen (secondary N) is 1. The lowest BCUT2D eigenvalue weighted by Gasteiger charge is -2.04. The molecule has 2 aromatic carbocycles. The molecule has 13 heteroatoms. The number of rotatable bonds is 6. The van der Waals surface area contributed by atoms with Gasteiger partial charge in [-0.3, -0.25) is 0 Å². The number of nitrogen functional groups attached to an aromatic ring is 1. The van der Waals surface area contributed by atoms with Gasteiger partial charge in [0.05, 0.1) is 11.8 Å². The van der Waals surface area contributed by atoms with E-state index in [1.807, 2.05) is 49.4 Å². The summed E-state index contributed by atoms with van der Waals surface area (Å²) in [6.45, 7) is 2.99. The topological polar surface area (TPSA) is 149 Å². The number of oxazole rings is 1. The zero-order valence-corrected chi connectivity index (χ0v) is 22.1. The van der Waals surface area contributed by atoms with Crippen molar-refractivity contribution in [2.75, 3.05) is 5.73 Å². The van der Waals surface area contributed by atoms with Crippen molar-refractivity contribution in [2.24, 2.45) is 0 Å². The number of fused-ring (bicyclic) bond motifs is 1. The number of carbonyl (C=O) groups is 1. The molecule has 4 aromatic heterocycles. The van der Waals surface area contributed by atoms with Gasteiger partial charge in [-0.15, -0.1) is 11.3 Å². The molecular weight excluding hydrogens is 540 g/mol. The average molecular weight is 564 g/mol. The lowest BCUT2D eigenvalue weighted by molar-refractivity contribution is 0.0132. The molecule has 0 atom stereocenters. The zero-order valence-electron chi connectivity index (χ0n) is 21.3. The van der Waals surface area contributed by atoms with Crippen LogP contribution in [-0.4, -0.2) is 41.0 Å². The maximum atomic E-state index is 13.3. The molecule has 40 heavy (non-hydrogen) atoms. The second-order valence-electron chi connectivity index (χ2n) is 8.94. The van der Waals surface area contributed by atoms with Crippen molar-refractivity contribution >= 4 is 34.0 Å². The Morgan fingerprint density at radius 3 is 2.75 bits per heavy atom. The Kier molecular flexibility index (Phi) is 7.13. The fraction of sp³-hybridized carbons (Fsp3) is 0.148. The zero-order chi connectivity index (χ0) is 28.4. The molecule has 0 spiro atoms. The Balaban J connectivity index is 0.000000184. The second-order valence-corrected chi connectivity index (χ2v) is 9.88. The number of alkyl halides is 2. The number of para-hydroxylation sites is 1. The van der Waals surface area contributed by atoms with E-state index < -0.39 is 11.9 Å². The van der Waals surface area contributed by atoms with E-state index in [0.29, 0.717) is 22.3 Å². The van der Waals surface area contributed by atoms with Crippen molar-refractivity contribution in [2.45, 2.75) is 26.3 Å². The molecule has 0 aliphatic rings. The van der Waals surface area contributed by atoms with E-state index in [2.05, 4.69) is 25.1 Å². The highest BCUT2D eigenvalue weighted by Crippen LogP contribution is 2.33. The number of H-pyrrole nitrogens is 1. The largest absolute Gasteiger partial charge is 0.476 e. The predicted molar refractivity (Wildman–Crippen MR) is 146 cm³/mol. The summed E-state index contributed by atoms with van der Waals surface area (Å²) >= 11 is 1.16. The minimum Gasteiger partial charge on any atom is -0.476 e. The molecule has 0 aliphatic carbocycles. The first kappa shape index (κ1) is 26.7. The Hall–Kier alpha value is -4.91. The third kappa shape index (κ3) is 5.59. The molecule has 4 N–H and O–H groups in total. The third-order valence-electron chi connectivity index (χ3n) is 5.86. The quantitative estimate of drug-likeness (QED) is 0.224. The number of aromatic carboxylic acids is 1. The summed E-state index contributed by atoms with van der Waals surface area (Å²) in [6, 6.07) is 15.1. The molecule has 0 bridgehead atoms. The Morgan fingerprint density at radius 2 is 2.02 bits per heavy atom. The van der Waals surface area contributed by atoms with Gasteiger partial charge in [-0.1, -0.05) is 42.0 Å². The Bertz CT molecular complexity index is 1800. The van der Waals surface area contributed by atoms with Crippen LogP contribution in [0.25, 0.3) is 33.5 Å². The van der Waals surface area contributed by atoms with Crippen LogP contribution in [-0.2, 0) is 12.5 Å². The molecule has 6 rings (SSSR count). The monoisotopic (exact) mass is 563 g/mol. The first-order chi connectivity index (χ1) is 19.1. The number of benzene rings is 2. The summed E-state index contributed by atoms with van der Waals surface area (Å²) in [7, 11) is 0. The molecule has 0 saturated heterocycles. The van der Waals surface area contributed by atoms with E-state index in [0.717, 1.165) is 52.2 Å². The molecule has 0 aliphatic heterocycles. The number of aryl methyl sites for hydroxylation is 1. The molecule has 204 valence electrons. The maximum Gasteiger partial charge on any atom is 0.358 e. The van der Waals surface area contributed by atoms with Gasteiger partial charge in [-0.2, -0.15) is 23.8 Å². The van der Waals surface area contributed by atoms with E-state index in [9.17, 15) is 13.6 Å². The number of aromatic amines is 1. The molecular formula is C27H23F2N7O3S. The first-order valence-electron chi connectivity index (χ1n) is 11.9. The van der Waals surface area contributed by atoms with Crippen LogP contribution in [0.1, 0.15) is 33.7 Å². The van der Waals surface area contributed by atoms with Crippen LogP contribution in [0.15, 0.2) is 70.9 Å². The van der Waals surface area contributed by atoms with E-state index in [1.165, 1.54) is 10.2 Å². The summed E-state index contributed by atoms with van der Waals surface area (Å²) in [5, 5.41) is 20.3. The lowest BCUT2D eigenvalue weighted by Crippen LogP contribution is -2.09. The number of halogens is 2. The second kappa shape index (κ2) is 10.7. The molecule has 0 unspecified atom stereocenters. The van der Waals surface area contributed by atoms with Gasteiger partial charge in [0.1, 0.15) is 28.8 Å². The van der Waals surface area contributed by atoms with Crippen molar-refractivity contribution in [1.29, 1.82) is 0 Å². The molecule has 6 aromatic rings. The number of nitrogens with zero attached hydrogens (tertiary/aromatic N) is 5. The highest BCUT2D eigenvalue weighted by molar-refractivity contribution is 7.09. The maximum absolute atomic E-state index is 13.3. The SMILES string of the molecule is CC(F)(F)c1csc(Cn2ncc(-c3c(N)[nH]c4ccccc34)n2)n1.Cc1cccc(-c2ocnc2C(=O)O)c1. The van der Waals surface area contributed by atoms with Gasteiger partial charge in [0.25, 0.3) is 5.92 Å². The van der Waals surface area contributed by atoms with Crippen molar-refractivity contribution in [3.05, 3.63) is 88.5 Å². The number of nitrogens with two attached hydrogens (primary N) is 1. The fourth-order valence-corrected chi connectivity index (χ4v) is 4.87. The standard InChI is InChI=1S/C16H14F2N6S.C11H9NO3/c1-16(17,18)12-8-25-13(22-12)7-24-20-6-11(23-24)14-9-4-2-3-5-10(9)21-15(14)19;1-7-3-2-4-8(5-7)10-9(11(13)14)12-6-15-10/h2-6,8,21H,7,19H2,1H3;2-6H,1H3,(H,13,14). The van der Waals surface area contributed by atoms with Crippen LogP contribution < -0.4 is 5.73 Å². The fourth-order valence-electron chi connectivity index (χ4n) is 4.02. The summed E-state index contributed by atoms with van der Waals surface area (Å²) < 4.78 is 31.6. The van der Waals surface area contributed by atoms with Gasteiger partial charge in [-0.05, 0) is 19.1 Å². The number of carboxylic acid groups (broad SMARTS) is 1. The molecule has 0 fully saturated rings. The summed E-state index contributed by atoms with van der Waals surface area (Å²) in [5.74, 6) is -3.22. The molecule has 0 amide bonds. The smallest absolute Gasteiger partial charge is 0.358 e. The van der Waals surface area contributed by atoms with Gasteiger partial charge in [0, 0.05) is 28.8 Å². The Labute approximate surface area is 230 Å². The molecule has 0 radical (unpaired) electrons. The van der Waals surface area contributed by atoms with Gasteiger partial charge in [-0.25, -0.2) is 14.8 Å². The summed E-state index contributed by atoms with van der Waals surface area (Å²) in [5.41, 5.74) is 9.86. The van der Waals surface area contributed by atoms with Crippen molar-refractivity contribution in [1.82, 2.24) is 29.9 Å². The van der Waals surface area contributed by atoms with Crippen LogP contribution in [0.2, 0.25) is 0 Å². The van der Waals surface area contributed by atoms with Crippen molar-refractivity contribution in [3.63, 3.8) is 0 Å². The van der Waals surface area contributed by atoms with Crippen LogP contribution in [0.4, 0.5) is 14.6 Å². The van der Waals surface area contributed by atoms with Crippen LogP contribution in [0.5, 0.6) is 0 Å². The first-order valence-corrected chi connectivity index (χ1v) is 12.8. The van der Waals surface area contributed by atoms with Crippen molar-refractivity contribution in [3.8, 4) is 22.6 Å². The van der Waals surface area contributed by atoms with E-state index in [4.69, 9.17) is 15.3 Å². The third-order valence-corrected chi connectivity index (χ3v) is 6.69. The summed E-state index contributed by atoms with van der Waals surface area (Å²) in [4.78, 5) is 23.0. The minimum atomic E-state index is -2.95.